The zero-order valence-electron chi connectivity index (χ0n) is 12.5. The van der Waals surface area contributed by atoms with Crippen molar-refractivity contribution < 1.29 is 22.1 Å². The van der Waals surface area contributed by atoms with E-state index >= 15 is 0 Å². The summed E-state index contributed by atoms with van der Waals surface area (Å²) in [7, 11) is 1.15. The fraction of sp³-hybridized carbons (Fsp3) is 0.250. The molecule has 22 heavy (non-hydrogen) atoms. The second-order valence-electron chi connectivity index (χ2n) is 4.71. The third-order valence-electron chi connectivity index (χ3n) is 3.24. The zero-order valence-corrected chi connectivity index (χ0v) is 13.7. The highest BCUT2D eigenvalue weighted by molar-refractivity contribution is 6.36. The van der Waals surface area contributed by atoms with Crippen molar-refractivity contribution in [2.45, 2.75) is 6.42 Å². The van der Waals surface area contributed by atoms with E-state index in [-0.39, 0.29) is 0 Å². The molecule has 0 amide bonds. The molecule has 0 heterocycles. The lowest BCUT2D eigenvalue weighted by Crippen LogP contribution is -2.24. The van der Waals surface area contributed by atoms with Crippen LogP contribution in [0.4, 0.5) is 8.78 Å². The fourth-order valence-corrected chi connectivity index (χ4v) is 2.82. The predicted molar refractivity (Wildman–Crippen MR) is 82.6 cm³/mol. The summed E-state index contributed by atoms with van der Waals surface area (Å²) in [4.78, 5) is 0. The van der Waals surface area contributed by atoms with Gasteiger partial charge in [0.2, 0.25) is 0 Å². The smallest absolute Gasteiger partial charge is 0.379 e. The standard InChI is InChI=1S/C16H18F2O3Si/c1-19-22(20-2)21-10-9-12-3-5-13(6-4-12)14-7-8-15(17)16(18)11-14/h3-8,11,22H,9-10H2,1-2H3. The van der Waals surface area contributed by atoms with Crippen LogP contribution in [0.15, 0.2) is 42.5 Å². The topological polar surface area (TPSA) is 27.7 Å². The summed E-state index contributed by atoms with van der Waals surface area (Å²) >= 11 is 0. The van der Waals surface area contributed by atoms with Crippen molar-refractivity contribution in [3.05, 3.63) is 59.7 Å². The largest absolute Gasteiger partial charge is 0.483 e. The number of hydrogen-bond acceptors (Lipinski definition) is 3. The Bertz CT molecular complexity index is 601. The quantitative estimate of drug-likeness (QED) is 0.732. The van der Waals surface area contributed by atoms with Crippen LogP contribution in [-0.4, -0.2) is 30.4 Å². The first-order valence-corrected chi connectivity index (χ1v) is 8.27. The average Bonchev–Trinajstić information content (AvgIpc) is 2.55. The van der Waals surface area contributed by atoms with Gasteiger partial charge in [-0.15, -0.1) is 0 Å². The Morgan fingerprint density at radius 1 is 0.864 bits per heavy atom. The molecule has 0 aliphatic heterocycles. The molecule has 0 bridgehead atoms. The van der Waals surface area contributed by atoms with Crippen LogP contribution in [-0.2, 0) is 19.7 Å². The molecule has 2 aromatic rings. The van der Waals surface area contributed by atoms with E-state index < -0.39 is 21.2 Å². The van der Waals surface area contributed by atoms with Gasteiger partial charge in [-0.25, -0.2) is 8.78 Å². The minimum atomic E-state index is -1.98. The van der Waals surface area contributed by atoms with Gasteiger partial charge in [0.15, 0.2) is 11.6 Å². The molecule has 0 fully saturated rings. The van der Waals surface area contributed by atoms with Crippen LogP contribution >= 0.6 is 0 Å². The van der Waals surface area contributed by atoms with Crippen molar-refractivity contribution in [2.24, 2.45) is 0 Å². The van der Waals surface area contributed by atoms with Gasteiger partial charge in [-0.3, -0.25) is 0 Å². The van der Waals surface area contributed by atoms with Gasteiger partial charge in [0.05, 0.1) is 0 Å². The summed E-state index contributed by atoms with van der Waals surface area (Å²) in [6.45, 7) is 0.517. The van der Waals surface area contributed by atoms with E-state index in [0.29, 0.717) is 12.2 Å². The zero-order chi connectivity index (χ0) is 15.9. The maximum absolute atomic E-state index is 13.2. The van der Waals surface area contributed by atoms with Crippen molar-refractivity contribution in [3.63, 3.8) is 0 Å². The first kappa shape index (κ1) is 16.8. The lowest BCUT2D eigenvalue weighted by molar-refractivity contribution is 0.137. The molecule has 0 N–H and O–H groups in total. The van der Waals surface area contributed by atoms with Crippen molar-refractivity contribution in [1.29, 1.82) is 0 Å². The van der Waals surface area contributed by atoms with Crippen molar-refractivity contribution in [3.8, 4) is 11.1 Å². The molecule has 0 saturated heterocycles. The Kier molecular flexibility index (Phi) is 6.20. The SMILES string of the molecule is CO[SiH](OC)OCCc1ccc(-c2ccc(F)c(F)c2)cc1. The van der Waals surface area contributed by atoms with E-state index in [1.807, 2.05) is 24.3 Å². The lowest BCUT2D eigenvalue weighted by atomic mass is 10.0. The first-order chi connectivity index (χ1) is 10.6. The number of hydrogen-bond donors (Lipinski definition) is 0. The maximum atomic E-state index is 13.2. The van der Waals surface area contributed by atoms with Gasteiger partial charge >= 0.3 is 9.53 Å². The predicted octanol–water partition coefficient (Wildman–Crippen LogP) is 3.20. The van der Waals surface area contributed by atoms with Gasteiger partial charge < -0.3 is 13.3 Å². The molecule has 2 aromatic carbocycles. The van der Waals surface area contributed by atoms with Crippen LogP contribution in [0.2, 0.25) is 0 Å². The molecular formula is C16H18F2O3Si. The maximum Gasteiger partial charge on any atom is 0.483 e. The molecule has 0 spiro atoms. The third kappa shape index (κ3) is 4.44. The van der Waals surface area contributed by atoms with Crippen molar-refractivity contribution in [2.75, 3.05) is 20.8 Å². The molecule has 0 aliphatic carbocycles. The Morgan fingerprint density at radius 3 is 2.09 bits per heavy atom. The van der Waals surface area contributed by atoms with Crippen LogP contribution in [0.5, 0.6) is 0 Å². The van der Waals surface area contributed by atoms with Crippen molar-refractivity contribution >= 4 is 9.53 Å². The van der Waals surface area contributed by atoms with Crippen LogP contribution in [0.3, 0.4) is 0 Å². The number of benzene rings is 2. The van der Waals surface area contributed by atoms with E-state index in [1.165, 1.54) is 6.07 Å². The van der Waals surface area contributed by atoms with Gasteiger partial charge in [-0.2, -0.15) is 0 Å². The summed E-state index contributed by atoms with van der Waals surface area (Å²) in [6, 6.07) is 11.5. The summed E-state index contributed by atoms with van der Waals surface area (Å²) in [5, 5.41) is 0. The third-order valence-corrected chi connectivity index (χ3v) is 4.51. The summed E-state index contributed by atoms with van der Waals surface area (Å²) < 4.78 is 41.8. The molecular weight excluding hydrogens is 306 g/mol. The molecule has 0 aliphatic rings. The second-order valence-corrected chi connectivity index (χ2v) is 6.56. The average molecular weight is 324 g/mol. The fourth-order valence-electron chi connectivity index (χ4n) is 2.04. The molecule has 0 atom stereocenters. The minimum absolute atomic E-state index is 0.517. The Hall–Kier alpha value is -1.60. The van der Waals surface area contributed by atoms with Crippen LogP contribution in [0.25, 0.3) is 11.1 Å². The van der Waals surface area contributed by atoms with E-state index in [9.17, 15) is 8.78 Å². The van der Waals surface area contributed by atoms with E-state index in [2.05, 4.69) is 0 Å². The summed E-state index contributed by atoms with van der Waals surface area (Å²) in [6.07, 6.45) is 0.730. The Labute approximate surface area is 130 Å². The molecule has 6 heteroatoms. The minimum Gasteiger partial charge on any atom is -0.379 e. The Morgan fingerprint density at radius 2 is 1.50 bits per heavy atom. The van der Waals surface area contributed by atoms with Gasteiger partial charge in [0.25, 0.3) is 0 Å². The van der Waals surface area contributed by atoms with E-state index in [0.717, 1.165) is 23.6 Å². The van der Waals surface area contributed by atoms with Crippen LogP contribution in [0, 0.1) is 11.6 Å². The number of rotatable bonds is 7. The highest BCUT2D eigenvalue weighted by Gasteiger charge is 2.10. The highest BCUT2D eigenvalue weighted by atomic mass is 28.3. The van der Waals surface area contributed by atoms with Crippen LogP contribution < -0.4 is 0 Å². The summed E-state index contributed by atoms with van der Waals surface area (Å²) in [5.41, 5.74) is 2.57. The monoisotopic (exact) mass is 324 g/mol. The van der Waals surface area contributed by atoms with E-state index in [1.54, 1.807) is 20.3 Å². The van der Waals surface area contributed by atoms with Crippen LogP contribution in [0.1, 0.15) is 5.56 Å². The normalized spacial score (nSPS) is 11.1. The molecule has 118 valence electrons. The lowest BCUT2D eigenvalue weighted by Gasteiger charge is -2.11. The molecule has 2 rings (SSSR count). The Balaban J connectivity index is 1.96. The molecule has 0 saturated carbocycles. The van der Waals surface area contributed by atoms with Gasteiger partial charge in [0, 0.05) is 20.8 Å². The highest BCUT2D eigenvalue weighted by Crippen LogP contribution is 2.22. The van der Waals surface area contributed by atoms with Gasteiger partial charge in [0.1, 0.15) is 0 Å². The molecule has 0 unspecified atom stereocenters. The molecule has 3 nitrogen and oxygen atoms in total. The molecule has 0 radical (unpaired) electrons. The second kappa shape index (κ2) is 8.14. The van der Waals surface area contributed by atoms with Crippen molar-refractivity contribution in [1.82, 2.24) is 0 Å². The molecule has 0 aromatic heterocycles. The van der Waals surface area contributed by atoms with E-state index in [4.69, 9.17) is 13.3 Å². The summed E-state index contributed by atoms with van der Waals surface area (Å²) in [5.74, 6) is -1.68. The van der Waals surface area contributed by atoms with Gasteiger partial charge in [-0.1, -0.05) is 30.3 Å². The first-order valence-electron chi connectivity index (χ1n) is 6.85. The van der Waals surface area contributed by atoms with Gasteiger partial charge in [-0.05, 0) is 35.2 Å². The number of halogens is 2.